The van der Waals surface area contributed by atoms with Crippen LogP contribution in [0.3, 0.4) is 0 Å². The molecule has 0 aliphatic heterocycles. The topological polar surface area (TPSA) is 65.2 Å². The molecule has 2 N–H and O–H groups in total. The standard InChI is InChI=1S/C10H10N2O2/c13-11-8-4-3-5-6-1-2-7(9(5)8)10(6)12-14/h1-7,9,13-14H. The number of nitrogens with zero attached hydrogens (tertiary/aromatic N) is 2. The molecule has 3 aliphatic rings. The zero-order valence-corrected chi connectivity index (χ0v) is 7.41. The SMILES string of the molecule is ON=C1C2C=CC1C1C(=NO)C=CC21. The van der Waals surface area contributed by atoms with Crippen molar-refractivity contribution >= 4 is 11.4 Å². The molecule has 0 aromatic heterocycles. The van der Waals surface area contributed by atoms with Crippen LogP contribution in [0.1, 0.15) is 0 Å². The van der Waals surface area contributed by atoms with Gasteiger partial charge in [0.2, 0.25) is 0 Å². The largest absolute Gasteiger partial charge is 0.411 e. The van der Waals surface area contributed by atoms with Crippen molar-refractivity contribution in [3.63, 3.8) is 0 Å². The number of oxime groups is 2. The number of hydrogen-bond acceptors (Lipinski definition) is 4. The van der Waals surface area contributed by atoms with Crippen molar-refractivity contribution in [2.75, 3.05) is 0 Å². The number of hydrogen-bond donors (Lipinski definition) is 2. The molecule has 0 aromatic rings. The predicted octanol–water partition coefficient (Wildman–Crippen LogP) is 1.26. The molecule has 4 heteroatoms. The summed E-state index contributed by atoms with van der Waals surface area (Å²) in [5.74, 6) is 0.823. The zero-order valence-electron chi connectivity index (χ0n) is 7.41. The molecule has 14 heavy (non-hydrogen) atoms. The Balaban J connectivity index is 2.08. The Labute approximate surface area is 80.9 Å². The van der Waals surface area contributed by atoms with E-state index in [-0.39, 0.29) is 17.8 Å². The summed E-state index contributed by atoms with van der Waals surface area (Å²) >= 11 is 0. The van der Waals surface area contributed by atoms with Crippen molar-refractivity contribution in [3.8, 4) is 0 Å². The summed E-state index contributed by atoms with van der Waals surface area (Å²) in [4.78, 5) is 0. The Bertz CT molecular complexity index is 395. The fraction of sp³-hybridized carbons (Fsp3) is 0.400. The molecule has 0 spiro atoms. The molecule has 0 heterocycles. The van der Waals surface area contributed by atoms with Gasteiger partial charge in [-0.2, -0.15) is 0 Å². The second-order valence-electron chi connectivity index (χ2n) is 3.95. The maximum atomic E-state index is 8.88. The van der Waals surface area contributed by atoms with Crippen molar-refractivity contribution in [1.82, 2.24) is 0 Å². The first kappa shape index (κ1) is 7.79. The van der Waals surface area contributed by atoms with Gasteiger partial charge in [0.1, 0.15) is 0 Å². The Morgan fingerprint density at radius 3 is 2.50 bits per heavy atom. The third-order valence-corrected chi connectivity index (χ3v) is 3.49. The van der Waals surface area contributed by atoms with E-state index < -0.39 is 0 Å². The highest BCUT2D eigenvalue weighted by atomic mass is 16.4. The van der Waals surface area contributed by atoms with Crippen LogP contribution in [0.2, 0.25) is 0 Å². The molecule has 1 fully saturated rings. The van der Waals surface area contributed by atoms with Gasteiger partial charge in [-0.1, -0.05) is 28.5 Å². The van der Waals surface area contributed by atoms with E-state index in [1.807, 2.05) is 18.2 Å². The summed E-state index contributed by atoms with van der Waals surface area (Å²) in [5, 5.41) is 24.3. The normalized spacial score (nSPS) is 48.3. The summed E-state index contributed by atoms with van der Waals surface area (Å²) < 4.78 is 0. The molecule has 2 bridgehead atoms. The molecule has 0 aromatic carbocycles. The van der Waals surface area contributed by atoms with Gasteiger partial charge in [-0.05, 0) is 12.0 Å². The van der Waals surface area contributed by atoms with Gasteiger partial charge < -0.3 is 10.4 Å². The number of fused-ring (bicyclic) bond motifs is 5. The van der Waals surface area contributed by atoms with Crippen molar-refractivity contribution in [2.45, 2.75) is 0 Å². The van der Waals surface area contributed by atoms with Crippen LogP contribution in [-0.2, 0) is 0 Å². The van der Waals surface area contributed by atoms with E-state index in [1.165, 1.54) is 0 Å². The first-order chi connectivity index (χ1) is 6.86. The smallest absolute Gasteiger partial charge is 0.0839 e. The molecule has 3 rings (SSSR count). The quantitative estimate of drug-likeness (QED) is 0.343. The van der Waals surface area contributed by atoms with Crippen LogP contribution in [0.15, 0.2) is 34.6 Å². The molecular formula is C10H10N2O2. The van der Waals surface area contributed by atoms with Crippen LogP contribution in [0.25, 0.3) is 0 Å². The molecule has 1 saturated carbocycles. The van der Waals surface area contributed by atoms with Crippen molar-refractivity contribution in [3.05, 3.63) is 24.3 Å². The van der Waals surface area contributed by atoms with E-state index in [2.05, 4.69) is 16.4 Å². The summed E-state index contributed by atoms with van der Waals surface area (Å²) in [7, 11) is 0. The highest BCUT2D eigenvalue weighted by molar-refractivity contribution is 6.09. The summed E-state index contributed by atoms with van der Waals surface area (Å²) in [6, 6.07) is 0. The third kappa shape index (κ3) is 0.697. The van der Waals surface area contributed by atoms with Crippen molar-refractivity contribution in [2.24, 2.45) is 34.0 Å². The fourth-order valence-corrected chi connectivity index (χ4v) is 2.93. The minimum atomic E-state index is 0.121. The third-order valence-electron chi connectivity index (χ3n) is 3.49. The van der Waals surface area contributed by atoms with Gasteiger partial charge in [0.05, 0.1) is 11.4 Å². The lowest BCUT2D eigenvalue weighted by Gasteiger charge is -2.17. The highest BCUT2D eigenvalue weighted by Gasteiger charge is 2.52. The van der Waals surface area contributed by atoms with Crippen LogP contribution < -0.4 is 0 Å². The Kier molecular flexibility index (Phi) is 1.37. The summed E-state index contributed by atoms with van der Waals surface area (Å²) in [6.45, 7) is 0. The molecule has 4 unspecified atom stereocenters. The molecule has 0 amide bonds. The number of rotatable bonds is 0. The lowest BCUT2D eigenvalue weighted by atomic mass is 9.85. The Morgan fingerprint density at radius 2 is 1.79 bits per heavy atom. The first-order valence-corrected chi connectivity index (χ1v) is 4.67. The van der Waals surface area contributed by atoms with Crippen LogP contribution in [0.5, 0.6) is 0 Å². The number of allylic oxidation sites excluding steroid dienone is 4. The zero-order chi connectivity index (χ0) is 9.71. The lowest BCUT2D eigenvalue weighted by molar-refractivity contribution is 0.312. The van der Waals surface area contributed by atoms with E-state index in [4.69, 9.17) is 10.4 Å². The van der Waals surface area contributed by atoms with Gasteiger partial charge in [0.15, 0.2) is 0 Å². The van der Waals surface area contributed by atoms with Crippen molar-refractivity contribution in [1.29, 1.82) is 0 Å². The predicted molar refractivity (Wildman–Crippen MR) is 50.7 cm³/mol. The molecule has 0 radical (unpaired) electrons. The molecule has 4 nitrogen and oxygen atoms in total. The van der Waals surface area contributed by atoms with Gasteiger partial charge >= 0.3 is 0 Å². The maximum absolute atomic E-state index is 8.88. The van der Waals surface area contributed by atoms with E-state index in [0.29, 0.717) is 11.6 Å². The second-order valence-corrected chi connectivity index (χ2v) is 3.95. The van der Waals surface area contributed by atoms with Crippen LogP contribution in [0, 0.1) is 23.7 Å². The Hall–Kier alpha value is -1.58. The van der Waals surface area contributed by atoms with E-state index in [0.717, 1.165) is 5.71 Å². The molecule has 4 atom stereocenters. The monoisotopic (exact) mass is 190 g/mol. The van der Waals surface area contributed by atoms with Gasteiger partial charge in [-0.25, -0.2) is 0 Å². The first-order valence-electron chi connectivity index (χ1n) is 4.67. The summed E-state index contributed by atoms with van der Waals surface area (Å²) in [6.07, 6.45) is 8.01. The molecule has 3 aliphatic carbocycles. The Morgan fingerprint density at radius 1 is 1.00 bits per heavy atom. The van der Waals surface area contributed by atoms with E-state index >= 15 is 0 Å². The van der Waals surface area contributed by atoms with Crippen LogP contribution in [0.4, 0.5) is 0 Å². The minimum Gasteiger partial charge on any atom is -0.411 e. The van der Waals surface area contributed by atoms with Gasteiger partial charge in [0.25, 0.3) is 0 Å². The lowest BCUT2D eigenvalue weighted by Crippen LogP contribution is -2.20. The molecular weight excluding hydrogens is 180 g/mol. The average molecular weight is 190 g/mol. The second kappa shape index (κ2) is 2.47. The van der Waals surface area contributed by atoms with Crippen LogP contribution in [-0.4, -0.2) is 21.8 Å². The van der Waals surface area contributed by atoms with E-state index in [1.54, 1.807) is 0 Å². The maximum Gasteiger partial charge on any atom is 0.0839 e. The average Bonchev–Trinajstić information content (AvgIpc) is 2.87. The van der Waals surface area contributed by atoms with Crippen molar-refractivity contribution < 1.29 is 10.4 Å². The fourth-order valence-electron chi connectivity index (χ4n) is 2.93. The summed E-state index contributed by atoms with van der Waals surface area (Å²) in [5.41, 5.74) is 1.51. The van der Waals surface area contributed by atoms with Gasteiger partial charge in [0, 0.05) is 17.8 Å². The minimum absolute atomic E-state index is 0.121. The molecule has 0 saturated heterocycles. The van der Waals surface area contributed by atoms with Gasteiger partial charge in [-0.3, -0.25) is 0 Å². The van der Waals surface area contributed by atoms with Gasteiger partial charge in [-0.15, -0.1) is 0 Å². The highest BCUT2D eigenvalue weighted by Crippen LogP contribution is 2.49. The van der Waals surface area contributed by atoms with Crippen LogP contribution >= 0.6 is 0 Å². The van der Waals surface area contributed by atoms with E-state index in [9.17, 15) is 0 Å². The molecule has 72 valence electrons.